The van der Waals surface area contributed by atoms with Gasteiger partial charge in [0.05, 0.1) is 0 Å². The van der Waals surface area contributed by atoms with Crippen molar-refractivity contribution >= 4 is 5.69 Å². The van der Waals surface area contributed by atoms with Crippen LogP contribution in [0.25, 0.3) is 0 Å². The highest BCUT2D eigenvalue weighted by atomic mass is 15.2. The van der Waals surface area contributed by atoms with Gasteiger partial charge in [-0.15, -0.1) is 0 Å². The van der Waals surface area contributed by atoms with Crippen LogP contribution in [0.1, 0.15) is 52.1 Å². The van der Waals surface area contributed by atoms with E-state index in [0.717, 1.165) is 12.5 Å². The molecule has 1 fully saturated rings. The smallest absolute Gasteiger partial charge is 0.0417 e. The standard InChI is InChI=1S/C17H28N2/c1-5-18-14(3)16-10-6-7-11-17(16)19-12-8-9-13(2)15(19)4/h6-7,10-11,13-15,18H,5,8-9,12H2,1-4H3. The Labute approximate surface area is 118 Å². The van der Waals surface area contributed by atoms with Gasteiger partial charge in [0.15, 0.2) is 0 Å². The topological polar surface area (TPSA) is 15.3 Å². The van der Waals surface area contributed by atoms with Crippen molar-refractivity contribution in [3.8, 4) is 0 Å². The molecule has 1 aliphatic rings. The second kappa shape index (κ2) is 6.42. The number of nitrogens with one attached hydrogen (secondary N) is 1. The number of rotatable bonds is 4. The summed E-state index contributed by atoms with van der Waals surface area (Å²) in [4.78, 5) is 2.61. The van der Waals surface area contributed by atoms with E-state index in [-0.39, 0.29) is 0 Å². The highest BCUT2D eigenvalue weighted by Crippen LogP contribution is 2.33. The van der Waals surface area contributed by atoms with Crippen LogP contribution in [0, 0.1) is 5.92 Å². The third kappa shape index (κ3) is 3.11. The Hall–Kier alpha value is -1.02. The molecule has 19 heavy (non-hydrogen) atoms. The molecule has 2 rings (SSSR count). The van der Waals surface area contributed by atoms with Crippen molar-refractivity contribution in [3.63, 3.8) is 0 Å². The van der Waals surface area contributed by atoms with E-state index < -0.39 is 0 Å². The zero-order valence-electron chi connectivity index (χ0n) is 12.8. The van der Waals surface area contributed by atoms with E-state index in [1.807, 2.05) is 0 Å². The van der Waals surface area contributed by atoms with E-state index >= 15 is 0 Å². The van der Waals surface area contributed by atoms with Gasteiger partial charge in [0, 0.05) is 24.3 Å². The lowest BCUT2D eigenvalue weighted by Gasteiger charge is -2.41. The van der Waals surface area contributed by atoms with Gasteiger partial charge in [-0.05, 0) is 50.8 Å². The number of nitrogens with zero attached hydrogens (tertiary/aromatic N) is 1. The molecule has 0 spiro atoms. The van der Waals surface area contributed by atoms with E-state index in [9.17, 15) is 0 Å². The van der Waals surface area contributed by atoms with E-state index in [2.05, 4.69) is 62.2 Å². The van der Waals surface area contributed by atoms with Crippen molar-refractivity contribution in [3.05, 3.63) is 29.8 Å². The molecule has 2 heteroatoms. The minimum absolute atomic E-state index is 0.422. The Kier molecular flexibility index (Phi) is 4.87. The van der Waals surface area contributed by atoms with E-state index in [4.69, 9.17) is 0 Å². The van der Waals surface area contributed by atoms with Gasteiger partial charge < -0.3 is 10.2 Å². The summed E-state index contributed by atoms with van der Waals surface area (Å²) in [6.07, 6.45) is 2.68. The molecule has 1 saturated heterocycles. The molecular formula is C17H28N2. The predicted molar refractivity (Wildman–Crippen MR) is 83.7 cm³/mol. The maximum Gasteiger partial charge on any atom is 0.0417 e. The highest BCUT2D eigenvalue weighted by molar-refractivity contribution is 5.56. The van der Waals surface area contributed by atoms with Gasteiger partial charge in [0.25, 0.3) is 0 Å². The Morgan fingerprint density at radius 1 is 1.32 bits per heavy atom. The average Bonchev–Trinajstić information content (AvgIpc) is 2.42. The van der Waals surface area contributed by atoms with Crippen LogP contribution >= 0.6 is 0 Å². The van der Waals surface area contributed by atoms with Gasteiger partial charge in [0.2, 0.25) is 0 Å². The number of para-hydroxylation sites is 1. The minimum atomic E-state index is 0.422. The predicted octanol–water partition coefficient (Wildman–Crippen LogP) is 3.98. The molecule has 3 unspecified atom stereocenters. The van der Waals surface area contributed by atoms with Crippen molar-refractivity contribution in [2.45, 2.75) is 52.6 Å². The van der Waals surface area contributed by atoms with Crippen LogP contribution in [0.3, 0.4) is 0 Å². The number of benzene rings is 1. The lowest BCUT2D eigenvalue weighted by atomic mass is 9.90. The van der Waals surface area contributed by atoms with Crippen LogP contribution in [0.2, 0.25) is 0 Å². The van der Waals surface area contributed by atoms with Crippen molar-refractivity contribution in [1.29, 1.82) is 0 Å². The second-order valence-corrected chi connectivity index (χ2v) is 5.89. The SMILES string of the molecule is CCNC(C)c1ccccc1N1CCCC(C)C1C. The van der Waals surface area contributed by atoms with Crippen LogP contribution in [0.5, 0.6) is 0 Å². The summed E-state index contributed by atoms with van der Waals surface area (Å²) in [5, 5.41) is 3.54. The van der Waals surface area contributed by atoms with Crippen molar-refractivity contribution in [2.75, 3.05) is 18.0 Å². The first-order valence-corrected chi connectivity index (χ1v) is 7.74. The summed E-state index contributed by atoms with van der Waals surface area (Å²) in [7, 11) is 0. The average molecular weight is 260 g/mol. The molecule has 1 heterocycles. The maximum atomic E-state index is 3.54. The largest absolute Gasteiger partial charge is 0.368 e. The summed E-state index contributed by atoms with van der Waals surface area (Å²) < 4.78 is 0. The lowest BCUT2D eigenvalue weighted by Crippen LogP contribution is -2.43. The molecule has 0 aromatic heterocycles. The lowest BCUT2D eigenvalue weighted by molar-refractivity contribution is 0.362. The summed E-state index contributed by atoms with van der Waals surface area (Å²) in [6, 6.07) is 9.95. The molecule has 2 nitrogen and oxygen atoms in total. The number of anilines is 1. The molecule has 1 aromatic rings. The number of hydrogen-bond donors (Lipinski definition) is 1. The number of hydrogen-bond acceptors (Lipinski definition) is 2. The van der Waals surface area contributed by atoms with Crippen molar-refractivity contribution < 1.29 is 0 Å². The summed E-state index contributed by atoms with van der Waals surface area (Å²) in [5.41, 5.74) is 2.86. The van der Waals surface area contributed by atoms with E-state index in [0.29, 0.717) is 12.1 Å². The molecule has 0 amide bonds. The van der Waals surface area contributed by atoms with E-state index in [1.54, 1.807) is 0 Å². The molecule has 0 aliphatic carbocycles. The van der Waals surface area contributed by atoms with E-state index in [1.165, 1.54) is 30.6 Å². The van der Waals surface area contributed by atoms with Crippen LogP contribution in [-0.2, 0) is 0 Å². The van der Waals surface area contributed by atoms with Gasteiger partial charge in [-0.3, -0.25) is 0 Å². The first kappa shape index (κ1) is 14.4. The molecule has 1 aromatic carbocycles. The fraction of sp³-hybridized carbons (Fsp3) is 0.647. The van der Waals surface area contributed by atoms with Crippen LogP contribution < -0.4 is 10.2 Å². The molecule has 1 N–H and O–H groups in total. The molecule has 3 atom stereocenters. The number of piperidine rings is 1. The fourth-order valence-electron chi connectivity index (χ4n) is 3.21. The molecular weight excluding hydrogens is 232 g/mol. The molecule has 0 bridgehead atoms. The molecule has 0 saturated carbocycles. The minimum Gasteiger partial charge on any atom is -0.368 e. The monoisotopic (exact) mass is 260 g/mol. The first-order chi connectivity index (χ1) is 9.15. The zero-order chi connectivity index (χ0) is 13.8. The Morgan fingerprint density at radius 2 is 2.05 bits per heavy atom. The third-order valence-corrected chi connectivity index (χ3v) is 4.60. The Balaban J connectivity index is 2.28. The van der Waals surface area contributed by atoms with Gasteiger partial charge in [0.1, 0.15) is 0 Å². The normalized spacial score (nSPS) is 25.4. The maximum absolute atomic E-state index is 3.54. The zero-order valence-corrected chi connectivity index (χ0v) is 12.8. The summed E-state index contributed by atoms with van der Waals surface area (Å²) in [5.74, 6) is 0.788. The van der Waals surface area contributed by atoms with Crippen LogP contribution in [-0.4, -0.2) is 19.1 Å². The van der Waals surface area contributed by atoms with Crippen LogP contribution in [0.15, 0.2) is 24.3 Å². The third-order valence-electron chi connectivity index (χ3n) is 4.60. The first-order valence-electron chi connectivity index (χ1n) is 7.74. The highest BCUT2D eigenvalue weighted by Gasteiger charge is 2.26. The van der Waals surface area contributed by atoms with Gasteiger partial charge >= 0.3 is 0 Å². The van der Waals surface area contributed by atoms with Crippen LogP contribution in [0.4, 0.5) is 5.69 Å². The Morgan fingerprint density at radius 3 is 2.79 bits per heavy atom. The second-order valence-electron chi connectivity index (χ2n) is 5.89. The Bertz CT molecular complexity index is 402. The molecule has 1 aliphatic heterocycles. The van der Waals surface area contributed by atoms with Crippen molar-refractivity contribution in [1.82, 2.24) is 5.32 Å². The molecule has 106 valence electrons. The quantitative estimate of drug-likeness (QED) is 0.881. The fourth-order valence-corrected chi connectivity index (χ4v) is 3.21. The van der Waals surface area contributed by atoms with Gasteiger partial charge in [-0.1, -0.05) is 32.0 Å². The molecule has 0 radical (unpaired) electrons. The summed E-state index contributed by atoms with van der Waals surface area (Å²) >= 11 is 0. The van der Waals surface area contributed by atoms with Crippen molar-refractivity contribution in [2.24, 2.45) is 5.92 Å². The van der Waals surface area contributed by atoms with Gasteiger partial charge in [-0.2, -0.15) is 0 Å². The summed E-state index contributed by atoms with van der Waals surface area (Å²) in [6.45, 7) is 11.4. The van der Waals surface area contributed by atoms with Gasteiger partial charge in [-0.25, -0.2) is 0 Å².